The largest absolute Gasteiger partial charge is 0.493 e. The van der Waals surface area contributed by atoms with E-state index in [1.807, 2.05) is 13.0 Å². The van der Waals surface area contributed by atoms with Gasteiger partial charge in [0.05, 0.1) is 35.6 Å². The molecular formula is C25H28N4O7. The van der Waals surface area contributed by atoms with Gasteiger partial charge in [-0.3, -0.25) is 28.8 Å². The number of rotatable bonds is 6. The van der Waals surface area contributed by atoms with Gasteiger partial charge in [0.1, 0.15) is 5.56 Å². The summed E-state index contributed by atoms with van der Waals surface area (Å²) in [7, 11) is 3.00. The molecule has 1 aliphatic rings. The molecule has 36 heavy (non-hydrogen) atoms. The van der Waals surface area contributed by atoms with Crippen LogP contribution in [0.2, 0.25) is 0 Å². The Balaban J connectivity index is 1.63. The maximum Gasteiger partial charge on any atom is 0.331 e. The molecular weight excluding hydrogens is 468 g/mol. The number of aryl methyl sites for hydroxylation is 2. The Hall–Kier alpha value is -4.15. The Morgan fingerprint density at radius 3 is 2.44 bits per heavy atom. The van der Waals surface area contributed by atoms with E-state index < -0.39 is 22.6 Å². The predicted octanol–water partition coefficient (Wildman–Crippen LogP) is 2.80. The summed E-state index contributed by atoms with van der Waals surface area (Å²) in [5.74, 6) is -0.107. The van der Waals surface area contributed by atoms with Crippen LogP contribution in [0.1, 0.15) is 41.7 Å². The molecule has 0 spiro atoms. The van der Waals surface area contributed by atoms with Crippen LogP contribution in [0.3, 0.4) is 0 Å². The number of aromatic nitrogens is 2. The monoisotopic (exact) mass is 496 g/mol. The average Bonchev–Trinajstić information content (AvgIpc) is 2.87. The van der Waals surface area contributed by atoms with Crippen molar-refractivity contribution in [1.29, 1.82) is 0 Å². The molecule has 0 bridgehead atoms. The molecule has 11 nitrogen and oxygen atoms in total. The van der Waals surface area contributed by atoms with Crippen LogP contribution in [-0.4, -0.2) is 51.7 Å². The van der Waals surface area contributed by atoms with Gasteiger partial charge in [0.25, 0.3) is 17.2 Å². The van der Waals surface area contributed by atoms with Gasteiger partial charge >= 0.3 is 5.69 Å². The summed E-state index contributed by atoms with van der Waals surface area (Å²) >= 11 is 0. The average molecular weight is 497 g/mol. The number of ether oxygens (including phenoxy) is 2. The first-order valence-corrected chi connectivity index (χ1v) is 11.7. The number of piperidine rings is 1. The molecule has 1 saturated heterocycles. The predicted molar refractivity (Wildman–Crippen MR) is 133 cm³/mol. The number of methoxy groups -OCH3 is 1. The standard InChI is InChI=1S/C25H28N4O7/c1-5-36-22-13-18(20(29(33)34)14-21(22)35-4)23(30)27-10-8-16(9-11-27)28-24(31)17-12-15(2)6-7-19(17)26(3)25(28)32/h6-7,12-14,16H,5,8-11H2,1-4H3. The molecule has 0 aliphatic carbocycles. The lowest BCUT2D eigenvalue weighted by molar-refractivity contribution is -0.385. The highest BCUT2D eigenvalue weighted by molar-refractivity contribution is 5.99. The van der Waals surface area contributed by atoms with E-state index in [4.69, 9.17) is 9.47 Å². The van der Waals surface area contributed by atoms with Crippen molar-refractivity contribution in [3.05, 3.63) is 72.4 Å². The lowest BCUT2D eigenvalue weighted by atomic mass is 10.0. The van der Waals surface area contributed by atoms with Crippen molar-refractivity contribution in [3.63, 3.8) is 0 Å². The van der Waals surface area contributed by atoms with E-state index in [0.29, 0.717) is 30.4 Å². The number of nitro groups is 1. The molecule has 0 radical (unpaired) electrons. The number of nitrogens with zero attached hydrogens (tertiary/aromatic N) is 4. The van der Waals surface area contributed by atoms with Crippen molar-refractivity contribution in [2.75, 3.05) is 26.8 Å². The number of benzene rings is 2. The Morgan fingerprint density at radius 2 is 1.83 bits per heavy atom. The number of carbonyl (C=O) groups is 1. The summed E-state index contributed by atoms with van der Waals surface area (Å²) in [5.41, 5.74) is 0.241. The quantitative estimate of drug-likeness (QED) is 0.379. The Kier molecular flexibility index (Phi) is 6.82. The van der Waals surface area contributed by atoms with Crippen LogP contribution < -0.4 is 20.7 Å². The minimum atomic E-state index is -0.626. The van der Waals surface area contributed by atoms with E-state index in [9.17, 15) is 24.5 Å². The topological polar surface area (TPSA) is 126 Å². The van der Waals surface area contributed by atoms with Crippen molar-refractivity contribution < 1.29 is 19.2 Å². The van der Waals surface area contributed by atoms with E-state index in [0.717, 1.165) is 5.56 Å². The van der Waals surface area contributed by atoms with Crippen molar-refractivity contribution in [3.8, 4) is 11.5 Å². The van der Waals surface area contributed by atoms with Crippen molar-refractivity contribution >= 4 is 22.5 Å². The second-order valence-corrected chi connectivity index (χ2v) is 8.77. The van der Waals surface area contributed by atoms with E-state index in [2.05, 4.69) is 0 Å². The van der Waals surface area contributed by atoms with E-state index in [1.165, 1.54) is 33.3 Å². The molecule has 1 fully saturated rings. The van der Waals surface area contributed by atoms with Gasteiger partial charge in [-0.1, -0.05) is 11.6 Å². The van der Waals surface area contributed by atoms with Gasteiger partial charge in [-0.2, -0.15) is 0 Å². The first-order chi connectivity index (χ1) is 17.2. The lowest BCUT2D eigenvalue weighted by Gasteiger charge is -2.32. The zero-order valence-electron chi connectivity index (χ0n) is 20.6. The van der Waals surface area contributed by atoms with Gasteiger partial charge in [0.15, 0.2) is 11.5 Å². The molecule has 4 rings (SSSR count). The molecule has 190 valence electrons. The summed E-state index contributed by atoms with van der Waals surface area (Å²) in [4.78, 5) is 52.2. The van der Waals surface area contributed by atoms with Gasteiger partial charge < -0.3 is 14.4 Å². The number of hydrogen-bond acceptors (Lipinski definition) is 7. The van der Waals surface area contributed by atoms with Crippen LogP contribution in [0.15, 0.2) is 39.9 Å². The van der Waals surface area contributed by atoms with E-state index >= 15 is 0 Å². The lowest BCUT2D eigenvalue weighted by Crippen LogP contribution is -2.46. The summed E-state index contributed by atoms with van der Waals surface area (Å²) in [6.45, 7) is 4.40. The molecule has 1 amide bonds. The summed E-state index contributed by atoms with van der Waals surface area (Å²) in [5, 5.41) is 12.2. The minimum Gasteiger partial charge on any atom is -0.493 e. The minimum absolute atomic E-state index is 0.100. The molecule has 0 N–H and O–H groups in total. The number of nitro benzene ring substituents is 1. The number of fused-ring (bicyclic) bond motifs is 1. The van der Waals surface area contributed by atoms with Crippen LogP contribution >= 0.6 is 0 Å². The molecule has 2 aromatic carbocycles. The molecule has 2 heterocycles. The second-order valence-electron chi connectivity index (χ2n) is 8.77. The summed E-state index contributed by atoms with van der Waals surface area (Å²) in [6.07, 6.45) is 0.723. The Morgan fingerprint density at radius 1 is 1.14 bits per heavy atom. The number of carbonyl (C=O) groups excluding carboxylic acids is 1. The molecule has 11 heteroatoms. The van der Waals surface area contributed by atoms with Gasteiger partial charge in [0, 0.05) is 32.2 Å². The first-order valence-electron chi connectivity index (χ1n) is 11.7. The number of likely N-dealkylation sites (tertiary alicyclic amines) is 1. The fourth-order valence-corrected chi connectivity index (χ4v) is 4.71. The first kappa shape index (κ1) is 25.0. The number of amides is 1. The van der Waals surface area contributed by atoms with Gasteiger partial charge in [0.2, 0.25) is 0 Å². The van der Waals surface area contributed by atoms with Gasteiger partial charge in [-0.15, -0.1) is 0 Å². The van der Waals surface area contributed by atoms with E-state index in [-0.39, 0.29) is 41.4 Å². The smallest absolute Gasteiger partial charge is 0.331 e. The van der Waals surface area contributed by atoms with Gasteiger partial charge in [-0.25, -0.2) is 4.79 Å². The SMILES string of the molecule is CCOc1cc(C(=O)N2CCC(n3c(=O)c4cc(C)ccc4n(C)c3=O)CC2)c([N+](=O)[O-])cc1OC. The Labute approximate surface area is 206 Å². The van der Waals surface area contributed by atoms with Crippen LogP contribution in [0.4, 0.5) is 5.69 Å². The van der Waals surface area contributed by atoms with Crippen molar-refractivity contribution in [1.82, 2.24) is 14.0 Å². The molecule has 1 aromatic heterocycles. The van der Waals surface area contributed by atoms with E-state index in [1.54, 1.807) is 26.1 Å². The summed E-state index contributed by atoms with van der Waals surface area (Å²) < 4.78 is 13.4. The maximum absolute atomic E-state index is 13.3. The zero-order valence-corrected chi connectivity index (χ0v) is 20.6. The molecule has 3 aromatic rings. The third-order valence-electron chi connectivity index (χ3n) is 6.58. The zero-order chi connectivity index (χ0) is 26.1. The summed E-state index contributed by atoms with van der Waals surface area (Å²) in [6, 6.07) is 7.51. The molecule has 0 unspecified atom stereocenters. The normalized spacial score (nSPS) is 14.2. The highest BCUT2D eigenvalue weighted by Crippen LogP contribution is 2.36. The third kappa shape index (κ3) is 4.32. The fourth-order valence-electron chi connectivity index (χ4n) is 4.71. The van der Waals surface area contributed by atoms with Crippen LogP contribution in [-0.2, 0) is 7.05 Å². The highest BCUT2D eigenvalue weighted by Gasteiger charge is 2.32. The highest BCUT2D eigenvalue weighted by atomic mass is 16.6. The van der Waals surface area contributed by atoms with Crippen molar-refractivity contribution in [2.24, 2.45) is 7.05 Å². The second kappa shape index (κ2) is 9.84. The van der Waals surface area contributed by atoms with Gasteiger partial charge in [-0.05, 0) is 38.8 Å². The molecule has 0 atom stereocenters. The fraction of sp³-hybridized carbons (Fsp3) is 0.400. The third-order valence-corrected chi connectivity index (χ3v) is 6.58. The maximum atomic E-state index is 13.3. The van der Waals surface area contributed by atoms with Crippen molar-refractivity contribution in [2.45, 2.75) is 32.7 Å². The van der Waals surface area contributed by atoms with Crippen LogP contribution in [0, 0.1) is 17.0 Å². The molecule has 0 saturated carbocycles. The Bertz CT molecular complexity index is 1470. The molecule has 1 aliphatic heterocycles. The van der Waals surface area contributed by atoms with Crippen LogP contribution in [0.25, 0.3) is 10.9 Å². The number of hydrogen-bond donors (Lipinski definition) is 0. The van der Waals surface area contributed by atoms with Crippen LogP contribution in [0.5, 0.6) is 11.5 Å².